The van der Waals surface area contributed by atoms with Crippen molar-refractivity contribution < 1.29 is 9.90 Å². The molecule has 128 valence electrons. The highest BCUT2D eigenvalue weighted by molar-refractivity contribution is 5.77. The summed E-state index contributed by atoms with van der Waals surface area (Å²) in [5.74, 6) is 0.671. The van der Waals surface area contributed by atoms with E-state index in [1.165, 1.54) is 5.56 Å². The molecule has 1 aromatic rings. The number of rotatable bonds is 7. The van der Waals surface area contributed by atoms with Crippen LogP contribution in [0.5, 0.6) is 0 Å². The number of hydrogen-bond donors (Lipinski definition) is 1. The summed E-state index contributed by atoms with van der Waals surface area (Å²) in [4.78, 5) is 16.7. The van der Waals surface area contributed by atoms with E-state index < -0.39 is 0 Å². The molecule has 1 N–H and O–H groups in total. The Morgan fingerprint density at radius 2 is 1.87 bits per heavy atom. The van der Waals surface area contributed by atoms with Gasteiger partial charge in [0.1, 0.15) is 0 Å². The van der Waals surface area contributed by atoms with Crippen molar-refractivity contribution in [2.24, 2.45) is 5.92 Å². The molecule has 1 aromatic carbocycles. The molecule has 1 fully saturated rings. The van der Waals surface area contributed by atoms with E-state index in [0.29, 0.717) is 12.3 Å². The number of carbonyl (C=O) groups excluding carboxylic acids is 1. The summed E-state index contributed by atoms with van der Waals surface area (Å²) in [7, 11) is 0. The second-order valence-corrected chi connectivity index (χ2v) is 6.88. The van der Waals surface area contributed by atoms with Gasteiger partial charge in [0.05, 0.1) is 12.6 Å². The van der Waals surface area contributed by atoms with Gasteiger partial charge in [0.2, 0.25) is 5.91 Å². The normalized spacial score (nSPS) is 18.3. The van der Waals surface area contributed by atoms with Crippen LogP contribution in [0, 0.1) is 5.92 Å². The number of amides is 1. The molecule has 0 spiro atoms. The molecule has 0 aromatic heterocycles. The van der Waals surface area contributed by atoms with Crippen molar-refractivity contribution in [2.45, 2.75) is 39.2 Å². The number of nitrogens with zero attached hydrogens (tertiary/aromatic N) is 2. The monoisotopic (exact) mass is 318 g/mol. The van der Waals surface area contributed by atoms with Gasteiger partial charge < -0.3 is 14.9 Å². The Morgan fingerprint density at radius 3 is 2.52 bits per heavy atom. The quantitative estimate of drug-likeness (QED) is 0.838. The van der Waals surface area contributed by atoms with Crippen molar-refractivity contribution in [1.29, 1.82) is 0 Å². The largest absolute Gasteiger partial charge is 0.394 e. The minimum absolute atomic E-state index is 0.0310. The van der Waals surface area contributed by atoms with Gasteiger partial charge in [-0.25, -0.2) is 0 Å². The smallest absolute Gasteiger partial charge is 0.224 e. The third-order valence-electron chi connectivity index (χ3n) is 4.57. The van der Waals surface area contributed by atoms with E-state index in [-0.39, 0.29) is 18.6 Å². The maximum Gasteiger partial charge on any atom is 0.224 e. The first-order valence-electron chi connectivity index (χ1n) is 8.76. The molecule has 4 nitrogen and oxygen atoms in total. The van der Waals surface area contributed by atoms with E-state index in [1.807, 2.05) is 11.0 Å². The molecule has 0 aliphatic carbocycles. The van der Waals surface area contributed by atoms with Crippen LogP contribution in [0.4, 0.5) is 0 Å². The van der Waals surface area contributed by atoms with E-state index in [0.717, 1.165) is 39.0 Å². The highest BCUT2D eigenvalue weighted by atomic mass is 16.3. The lowest BCUT2D eigenvalue weighted by molar-refractivity contribution is -0.133. The fourth-order valence-corrected chi connectivity index (χ4v) is 3.27. The van der Waals surface area contributed by atoms with Crippen LogP contribution in [-0.4, -0.2) is 59.6 Å². The van der Waals surface area contributed by atoms with Crippen LogP contribution >= 0.6 is 0 Å². The third-order valence-corrected chi connectivity index (χ3v) is 4.57. The van der Waals surface area contributed by atoms with Crippen LogP contribution < -0.4 is 0 Å². The second kappa shape index (κ2) is 9.04. The molecule has 0 saturated carbocycles. The molecule has 0 bridgehead atoms. The Balaban J connectivity index is 1.88. The third kappa shape index (κ3) is 5.63. The van der Waals surface area contributed by atoms with E-state index >= 15 is 0 Å². The van der Waals surface area contributed by atoms with E-state index in [4.69, 9.17) is 0 Å². The van der Waals surface area contributed by atoms with Crippen LogP contribution in [0.3, 0.4) is 0 Å². The lowest BCUT2D eigenvalue weighted by atomic mass is 10.0. The van der Waals surface area contributed by atoms with Gasteiger partial charge in [0.15, 0.2) is 0 Å². The predicted molar refractivity (Wildman–Crippen MR) is 93.2 cm³/mol. The van der Waals surface area contributed by atoms with Crippen LogP contribution in [0.1, 0.15) is 32.3 Å². The summed E-state index contributed by atoms with van der Waals surface area (Å²) in [5.41, 5.74) is 1.34. The van der Waals surface area contributed by atoms with Gasteiger partial charge in [0.25, 0.3) is 0 Å². The van der Waals surface area contributed by atoms with Gasteiger partial charge in [-0.2, -0.15) is 0 Å². The lowest BCUT2D eigenvalue weighted by Gasteiger charge is -2.31. The maximum atomic E-state index is 12.4. The SMILES string of the molecule is CC(C)C[C@@H](CO)N1CCN(CCc2ccccc2)CCC1=O. The zero-order chi connectivity index (χ0) is 16.7. The minimum Gasteiger partial charge on any atom is -0.394 e. The summed E-state index contributed by atoms with van der Waals surface area (Å²) in [6.45, 7) is 7.77. The van der Waals surface area contributed by atoms with Crippen LogP contribution in [0.15, 0.2) is 30.3 Å². The summed E-state index contributed by atoms with van der Waals surface area (Å²) in [6.07, 6.45) is 2.44. The first-order chi connectivity index (χ1) is 11.1. The molecule has 0 unspecified atom stereocenters. The number of carbonyl (C=O) groups is 1. The fourth-order valence-electron chi connectivity index (χ4n) is 3.27. The molecule has 23 heavy (non-hydrogen) atoms. The van der Waals surface area contributed by atoms with Crippen LogP contribution in [-0.2, 0) is 11.2 Å². The van der Waals surface area contributed by atoms with Crippen LogP contribution in [0.25, 0.3) is 0 Å². The van der Waals surface area contributed by atoms with Crippen molar-refractivity contribution in [3.63, 3.8) is 0 Å². The molecule has 1 aliphatic heterocycles. The standard InChI is InChI=1S/C19H30N2O2/c1-16(2)14-18(15-22)21-13-12-20(11-9-19(21)23)10-8-17-6-4-3-5-7-17/h3-7,16,18,22H,8-15H2,1-2H3/t18-/m0/s1. The summed E-state index contributed by atoms with van der Waals surface area (Å²) >= 11 is 0. The lowest BCUT2D eigenvalue weighted by Crippen LogP contribution is -2.44. The Labute approximate surface area is 140 Å². The second-order valence-electron chi connectivity index (χ2n) is 6.88. The minimum atomic E-state index is -0.0310. The molecular formula is C19H30N2O2. The topological polar surface area (TPSA) is 43.8 Å². The van der Waals surface area contributed by atoms with Crippen LogP contribution in [0.2, 0.25) is 0 Å². The first kappa shape index (κ1) is 18.0. The van der Waals surface area contributed by atoms with Gasteiger partial charge in [-0.1, -0.05) is 44.2 Å². The van der Waals surface area contributed by atoms with Crippen molar-refractivity contribution in [2.75, 3.05) is 32.8 Å². The van der Waals surface area contributed by atoms with E-state index in [1.54, 1.807) is 0 Å². The zero-order valence-corrected chi connectivity index (χ0v) is 14.4. The summed E-state index contributed by atoms with van der Waals surface area (Å²) in [6, 6.07) is 10.5. The Bertz CT molecular complexity index is 476. The van der Waals surface area contributed by atoms with Gasteiger partial charge in [-0.3, -0.25) is 4.79 Å². The Kier molecular flexibility index (Phi) is 7.06. The van der Waals surface area contributed by atoms with E-state index in [2.05, 4.69) is 43.0 Å². The van der Waals surface area contributed by atoms with Crippen molar-refractivity contribution in [3.05, 3.63) is 35.9 Å². The summed E-state index contributed by atoms with van der Waals surface area (Å²) in [5, 5.41) is 9.65. The number of benzene rings is 1. The van der Waals surface area contributed by atoms with Gasteiger partial charge >= 0.3 is 0 Å². The van der Waals surface area contributed by atoms with Crippen molar-refractivity contribution >= 4 is 5.91 Å². The number of aliphatic hydroxyl groups is 1. The molecule has 1 amide bonds. The Hall–Kier alpha value is -1.39. The molecule has 1 atom stereocenters. The predicted octanol–water partition coefficient (Wildman–Crippen LogP) is 2.17. The van der Waals surface area contributed by atoms with Crippen molar-refractivity contribution in [1.82, 2.24) is 9.80 Å². The van der Waals surface area contributed by atoms with E-state index in [9.17, 15) is 9.90 Å². The average molecular weight is 318 g/mol. The molecule has 0 radical (unpaired) electrons. The Morgan fingerprint density at radius 1 is 1.13 bits per heavy atom. The summed E-state index contributed by atoms with van der Waals surface area (Å²) < 4.78 is 0. The maximum absolute atomic E-state index is 12.4. The van der Waals surface area contributed by atoms with Gasteiger partial charge in [-0.15, -0.1) is 0 Å². The molecule has 1 saturated heterocycles. The van der Waals surface area contributed by atoms with Gasteiger partial charge in [0, 0.05) is 32.6 Å². The highest BCUT2D eigenvalue weighted by Crippen LogP contribution is 2.15. The molecule has 4 heteroatoms. The molecule has 2 rings (SSSR count). The first-order valence-corrected chi connectivity index (χ1v) is 8.76. The highest BCUT2D eigenvalue weighted by Gasteiger charge is 2.27. The number of hydrogen-bond acceptors (Lipinski definition) is 3. The molecular weight excluding hydrogens is 288 g/mol. The fraction of sp³-hybridized carbons (Fsp3) is 0.632. The molecule has 1 aliphatic rings. The average Bonchev–Trinajstić information content (AvgIpc) is 2.73. The molecule has 1 heterocycles. The van der Waals surface area contributed by atoms with Gasteiger partial charge in [-0.05, 0) is 24.3 Å². The van der Waals surface area contributed by atoms with Crippen molar-refractivity contribution in [3.8, 4) is 0 Å². The number of aliphatic hydroxyl groups excluding tert-OH is 1. The zero-order valence-electron chi connectivity index (χ0n) is 14.4.